The molecule has 23 heavy (non-hydrogen) atoms. The molecule has 2 aliphatic rings. The first kappa shape index (κ1) is 16.3. The van der Waals surface area contributed by atoms with Gasteiger partial charge >= 0.3 is 0 Å². The van der Waals surface area contributed by atoms with Crippen LogP contribution in [0, 0.1) is 17.8 Å². The zero-order valence-corrected chi connectivity index (χ0v) is 14.3. The molecule has 0 aromatic heterocycles. The Morgan fingerprint density at radius 3 is 2.65 bits per heavy atom. The molecule has 5 atom stereocenters. The van der Waals surface area contributed by atoms with Gasteiger partial charge < -0.3 is 15.8 Å². The minimum absolute atomic E-state index is 0.0920. The lowest BCUT2D eigenvalue weighted by atomic mass is 9.83. The number of carbonyl (C=O) groups excluding carboxylic acids is 1. The largest absolute Gasteiger partial charge is 0.495 e. The summed E-state index contributed by atoms with van der Waals surface area (Å²) in [6.45, 7) is 4.18. The number of nitrogens with two attached hydrogens (primary N) is 1. The molecule has 3 N–H and O–H groups in total. The SMILES string of the molecule is COc1ccc(C(=O)C(C)NC(C)C2CC3CCC2C3)cc1N. The molecule has 4 heteroatoms. The van der Waals surface area contributed by atoms with Gasteiger partial charge in [0.25, 0.3) is 0 Å². The number of nitrogen functional groups attached to an aromatic ring is 1. The lowest BCUT2D eigenvalue weighted by Crippen LogP contribution is -2.44. The van der Waals surface area contributed by atoms with E-state index in [1.165, 1.54) is 25.7 Å². The maximum Gasteiger partial charge on any atom is 0.179 e. The molecule has 2 fully saturated rings. The van der Waals surface area contributed by atoms with Crippen molar-refractivity contribution in [1.29, 1.82) is 0 Å². The predicted molar refractivity (Wildman–Crippen MR) is 92.7 cm³/mol. The summed E-state index contributed by atoms with van der Waals surface area (Å²) in [5.41, 5.74) is 7.06. The third kappa shape index (κ3) is 3.23. The fourth-order valence-corrected chi connectivity index (χ4v) is 4.64. The van der Waals surface area contributed by atoms with Crippen molar-refractivity contribution in [2.24, 2.45) is 17.8 Å². The molecule has 2 aliphatic carbocycles. The van der Waals surface area contributed by atoms with Gasteiger partial charge in [-0.25, -0.2) is 0 Å². The third-order valence-electron chi connectivity index (χ3n) is 5.86. The number of carbonyl (C=O) groups is 1. The lowest BCUT2D eigenvalue weighted by Gasteiger charge is -2.30. The predicted octanol–water partition coefficient (Wildman–Crippen LogP) is 3.26. The van der Waals surface area contributed by atoms with Gasteiger partial charge in [0.15, 0.2) is 5.78 Å². The van der Waals surface area contributed by atoms with Crippen molar-refractivity contribution < 1.29 is 9.53 Å². The Balaban J connectivity index is 1.62. The molecule has 4 nitrogen and oxygen atoms in total. The van der Waals surface area contributed by atoms with Crippen molar-refractivity contribution in [2.45, 2.75) is 51.6 Å². The normalized spacial score (nSPS) is 28.6. The molecule has 2 saturated carbocycles. The molecule has 0 saturated heterocycles. The van der Waals surface area contributed by atoms with Gasteiger partial charge in [0.1, 0.15) is 5.75 Å². The van der Waals surface area contributed by atoms with Crippen LogP contribution in [-0.4, -0.2) is 25.0 Å². The Labute approximate surface area is 138 Å². The summed E-state index contributed by atoms with van der Waals surface area (Å²) in [7, 11) is 1.58. The van der Waals surface area contributed by atoms with E-state index in [1.54, 1.807) is 25.3 Å². The highest BCUT2D eigenvalue weighted by Crippen LogP contribution is 2.49. The number of hydrogen-bond donors (Lipinski definition) is 2. The Bertz CT molecular complexity index is 587. The van der Waals surface area contributed by atoms with Crippen LogP contribution in [0.1, 0.15) is 49.9 Å². The van der Waals surface area contributed by atoms with Crippen LogP contribution in [0.15, 0.2) is 18.2 Å². The number of rotatable bonds is 6. The van der Waals surface area contributed by atoms with E-state index in [9.17, 15) is 4.79 Å². The van der Waals surface area contributed by atoms with E-state index >= 15 is 0 Å². The number of anilines is 1. The van der Waals surface area contributed by atoms with E-state index in [4.69, 9.17) is 10.5 Å². The zero-order chi connectivity index (χ0) is 16.6. The Kier molecular flexibility index (Phi) is 4.62. The van der Waals surface area contributed by atoms with Crippen molar-refractivity contribution in [3.63, 3.8) is 0 Å². The monoisotopic (exact) mass is 316 g/mol. The molecule has 1 aromatic rings. The highest BCUT2D eigenvalue weighted by atomic mass is 16.5. The molecule has 0 aliphatic heterocycles. The number of nitrogens with one attached hydrogen (secondary N) is 1. The summed E-state index contributed by atoms with van der Waals surface area (Å²) in [5.74, 6) is 3.22. The van der Waals surface area contributed by atoms with E-state index in [0.717, 1.165) is 17.8 Å². The summed E-state index contributed by atoms with van der Waals surface area (Å²) in [5, 5.41) is 3.53. The Hall–Kier alpha value is -1.55. The van der Waals surface area contributed by atoms with Crippen LogP contribution in [0.25, 0.3) is 0 Å². The minimum atomic E-state index is -0.197. The molecule has 126 valence electrons. The summed E-state index contributed by atoms with van der Waals surface area (Å²) in [6.07, 6.45) is 5.51. The van der Waals surface area contributed by atoms with Crippen LogP contribution in [0.2, 0.25) is 0 Å². The second-order valence-electron chi connectivity index (χ2n) is 7.34. The molecular formula is C19H28N2O2. The van der Waals surface area contributed by atoms with Gasteiger partial charge in [0, 0.05) is 11.6 Å². The molecule has 5 unspecified atom stereocenters. The average Bonchev–Trinajstić information content (AvgIpc) is 3.17. The van der Waals surface area contributed by atoms with Crippen LogP contribution in [0.5, 0.6) is 5.75 Å². The molecular weight excluding hydrogens is 288 g/mol. The first-order valence-corrected chi connectivity index (χ1v) is 8.73. The smallest absolute Gasteiger partial charge is 0.179 e. The van der Waals surface area contributed by atoms with E-state index in [-0.39, 0.29) is 11.8 Å². The first-order valence-electron chi connectivity index (χ1n) is 8.73. The molecule has 0 spiro atoms. The van der Waals surface area contributed by atoms with Crippen LogP contribution in [0.3, 0.4) is 0 Å². The quantitative estimate of drug-likeness (QED) is 0.624. The number of ketones is 1. The Morgan fingerprint density at radius 1 is 1.30 bits per heavy atom. The molecule has 0 heterocycles. The maximum absolute atomic E-state index is 12.6. The first-order chi connectivity index (χ1) is 11.0. The molecule has 2 bridgehead atoms. The highest BCUT2D eigenvalue weighted by Gasteiger charge is 2.42. The minimum Gasteiger partial charge on any atom is -0.495 e. The topological polar surface area (TPSA) is 64.3 Å². The van der Waals surface area contributed by atoms with Crippen LogP contribution < -0.4 is 15.8 Å². The van der Waals surface area contributed by atoms with Crippen molar-refractivity contribution in [3.8, 4) is 5.75 Å². The van der Waals surface area contributed by atoms with Crippen LogP contribution >= 0.6 is 0 Å². The van der Waals surface area contributed by atoms with E-state index in [1.807, 2.05) is 6.92 Å². The second kappa shape index (κ2) is 6.52. The summed E-state index contributed by atoms with van der Waals surface area (Å²) >= 11 is 0. The number of hydrogen-bond acceptors (Lipinski definition) is 4. The van der Waals surface area contributed by atoms with Crippen molar-refractivity contribution in [3.05, 3.63) is 23.8 Å². The number of benzene rings is 1. The Morgan fingerprint density at radius 2 is 2.09 bits per heavy atom. The molecule has 0 amide bonds. The lowest BCUT2D eigenvalue weighted by molar-refractivity contribution is 0.0934. The summed E-state index contributed by atoms with van der Waals surface area (Å²) < 4.78 is 5.15. The average molecular weight is 316 g/mol. The van der Waals surface area contributed by atoms with Crippen molar-refractivity contribution >= 4 is 11.5 Å². The van der Waals surface area contributed by atoms with Crippen LogP contribution in [-0.2, 0) is 0 Å². The number of fused-ring (bicyclic) bond motifs is 2. The maximum atomic E-state index is 12.6. The fraction of sp³-hybridized carbons (Fsp3) is 0.632. The number of methoxy groups -OCH3 is 1. The molecule has 1 aromatic carbocycles. The zero-order valence-electron chi connectivity index (χ0n) is 14.3. The second-order valence-corrected chi connectivity index (χ2v) is 7.34. The van der Waals surface area contributed by atoms with Crippen molar-refractivity contribution in [1.82, 2.24) is 5.32 Å². The molecule has 3 rings (SSSR count). The van der Waals surface area contributed by atoms with Gasteiger partial charge in [-0.1, -0.05) is 6.42 Å². The van der Waals surface area contributed by atoms with Gasteiger partial charge in [0.05, 0.1) is 18.8 Å². The van der Waals surface area contributed by atoms with E-state index in [2.05, 4.69) is 12.2 Å². The number of Topliss-reactive ketones (excluding diaryl/α,β-unsaturated/α-hetero) is 1. The van der Waals surface area contributed by atoms with Gasteiger partial charge in [-0.05, 0) is 69.1 Å². The van der Waals surface area contributed by atoms with Gasteiger partial charge in [-0.15, -0.1) is 0 Å². The third-order valence-corrected chi connectivity index (χ3v) is 5.86. The fourth-order valence-electron chi connectivity index (χ4n) is 4.64. The summed E-state index contributed by atoms with van der Waals surface area (Å²) in [4.78, 5) is 12.6. The van der Waals surface area contributed by atoms with Gasteiger partial charge in [-0.3, -0.25) is 4.79 Å². The molecule has 0 radical (unpaired) electrons. The van der Waals surface area contributed by atoms with E-state index < -0.39 is 0 Å². The summed E-state index contributed by atoms with van der Waals surface area (Å²) in [6, 6.07) is 5.45. The standard InChI is InChI=1S/C19H28N2O2/c1-11(16-9-13-4-5-14(16)8-13)21-12(2)19(22)15-6-7-18(23-3)17(20)10-15/h6-7,10-14,16,21H,4-5,8-9,20H2,1-3H3. The van der Waals surface area contributed by atoms with Crippen molar-refractivity contribution in [2.75, 3.05) is 12.8 Å². The number of ether oxygens (including phenoxy) is 1. The van der Waals surface area contributed by atoms with Crippen LogP contribution in [0.4, 0.5) is 5.69 Å². The van der Waals surface area contributed by atoms with E-state index in [0.29, 0.717) is 23.0 Å². The highest BCUT2D eigenvalue weighted by molar-refractivity contribution is 6.00. The van der Waals surface area contributed by atoms with Gasteiger partial charge in [-0.2, -0.15) is 0 Å². The van der Waals surface area contributed by atoms with Gasteiger partial charge in [0.2, 0.25) is 0 Å².